The fraction of sp³-hybridized carbons (Fsp3) is 0.750. The number of carboxylic acids is 2. The predicted octanol–water partition coefficient (Wildman–Crippen LogP) is 3.24. The molecule has 1 atom stereocenters. The highest BCUT2D eigenvalue weighted by Gasteiger charge is 2.43. The van der Waals surface area contributed by atoms with E-state index in [1.54, 1.807) is 0 Å². The van der Waals surface area contributed by atoms with Gasteiger partial charge in [0.15, 0.2) is 0 Å². The Kier molecular flexibility index (Phi) is 10.5. The molecule has 0 aromatic carbocycles. The van der Waals surface area contributed by atoms with Gasteiger partial charge in [0.1, 0.15) is 5.76 Å². The van der Waals surface area contributed by atoms with Crippen LogP contribution in [-0.4, -0.2) is 94.9 Å². The highest BCUT2D eigenvalue weighted by Crippen LogP contribution is 2.37. The molecule has 35 heavy (non-hydrogen) atoms. The maximum Gasteiger partial charge on any atom is 0.490 e. The van der Waals surface area contributed by atoms with E-state index in [2.05, 4.69) is 29.1 Å². The molecule has 0 aliphatic carbocycles. The first-order valence-electron chi connectivity index (χ1n) is 10.4. The molecule has 2 N–H and O–H groups in total. The largest absolute Gasteiger partial charge is 0.490 e. The van der Waals surface area contributed by atoms with E-state index < -0.39 is 24.3 Å². The molecular weight excluding hydrogens is 492 g/mol. The van der Waals surface area contributed by atoms with Crippen LogP contribution in [0.2, 0.25) is 0 Å². The van der Waals surface area contributed by atoms with Gasteiger partial charge in [-0.2, -0.15) is 26.3 Å². The number of aryl methyl sites for hydroxylation is 2. The summed E-state index contributed by atoms with van der Waals surface area (Å²) in [5.41, 5.74) is 2.41. The standard InChI is InChI=1S/C16H27N3O2.2C2HF3O2/c1-12-15(13(2)21-17-12)10-19-7-5-16(6-8-19)9-14(11-20-16)18(3)4;2*3-2(4,5)1(6)7/h14H,5-11H2,1-4H3;2*(H,6,7). The second-order valence-electron chi connectivity index (χ2n) is 8.50. The molecule has 1 spiro atoms. The Morgan fingerprint density at radius 3 is 1.83 bits per heavy atom. The predicted molar refractivity (Wildman–Crippen MR) is 109 cm³/mol. The van der Waals surface area contributed by atoms with E-state index in [-0.39, 0.29) is 5.60 Å². The molecule has 2 fully saturated rings. The van der Waals surface area contributed by atoms with Crippen molar-refractivity contribution < 1.29 is 55.4 Å². The zero-order valence-electron chi connectivity index (χ0n) is 19.7. The Hall–Kier alpha value is -2.39. The summed E-state index contributed by atoms with van der Waals surface area (Å²) in [6, 6.07) is 0.583. The minimum atomic E-state index is -5.08. The van der Waals surface area contributed by atoms with Crippen molar-refractivity contribution in [3.63, 3.8) is 0 Å². The summed E-state index contributed by atoms with van der Waals surface area (Å²) >= 11 is 0. The molecule has 0 amide bonds. The van der Waals surface area contributed by atoms with Crippen LogP contribution in [-0.2, 0) is 20.9 Å². The van der Waals surface area contributed by atoms with Crippen LogP contribution in [0.5, 0.6) is 0 Å². The van der Waals surface area contributed by atoms with Crippen LogP contribution in [0, 0.1) is 13.8 Å². The smallest absolute Gasteiger partial charge is 0.475 e. The third-order valence-corrected chi connectivity index (χ3v) is 5.74. The molecule has 15 heteroatoms. The number of aliphatic carboxylic acids is 2. The van der Waals surface area contributed by atoms with E-state index in [1.165, 1.54) is 12.0 Å². The second-order valence-corrected chi connectivity index (χ2v) is 8.50. The summed E-state index contributed by atoms with van der Waals surface area (Å²) in [5, 5.41) is 18.3. The molecule has 3 rings (SSSR count). The lowest BCUT2D eigenvalue weighted by Crippen LogP contribution is -2.44. The number of rotatable bonds is 3. The number of ether oxygens (including phenoxy) is 1. The third-order valence-electron chi connectivity index (χ3n) is 5.74. The summed E-state index contributed by atoms with van der Waals surface area (Å²) in [5.74, 6) is -4.56. The quantitative estimate of drug-likeness (QED) is 0.579. The highest BCUT2D eigenvalue weighted by atomic mass is 19.4. The van der Waals surface area contributed by atoms with Gasteiger partial charge in [-0.15, -0.1) is 0 Å². The zero-order chi connectivity index (χ0) is 27.2. The maximum atomic E-state index is 10.6. The van der Waals surface area contributed by atoms with Gasteiger partial charge in [-0.25, -0.2) is 9.59 Å². The lowest BCUT2D eigenvalue weighted by Gasteiger charge is -2.38. The molecule has 2 aliphatic rings. The first kappa shape index (κ1) is 30.6. The number of piperidine rings is 1. The fourth-order valence-electron chi connectivity index (χ4n) is 3.57. The average molecular weight is 521 g/mol. The van der Waals surface area contributed by atoms with Gasteiger partial charge in [0, 0.05) is 31.2 Å². The molecule has 0 bridgehead atoms. The van der Waals surface area contributed by atoms with Crippen molar-refractivity contribution in [3.8, 4) is 0 Å². The molecule has 0 saturated carbocycles. The molecule has 2 aliphatic heterocycles. The van der Waals surface area contributed by atoms with Crippen molar-refractivity contribution in [2.24, 2.45) is 0 Å². The number of likely N-dealkylation sites (tertiary alicyclic amines) is 1. The van der Waals surface area contributed by atoms with Crippen molar-refractivity contribution in [2.75, 3.05) is 33.8 Å². The Labute approximate surface area is 197 Å². The summed E-state index contributed by atoms with van der Waals surface area (Å²) in [6.07, 6.45) is -6.71. The second kappa shape index (κ2) is 12.0. The Morgan fingerprint density at radius 2 is 1.51 bits per heavy atom. The number of nitrogens with zero attached hydrogens (tertiary/aromatic N) is 3. The van der Waals surface area contributed by atoms with Crippen molar-refractivity contribution in [1.82, 2.24) is 15.0 Å². The van der Waals surface area contributed by atoms with Crippen LogP contribution in [0.4, 0.5) is 26.3 Å². The molecule has 1 unspecified atom stereocenters. The molecule has 1 aromatic heterocycles. The van der Waals surface area contributed by atoms with Gasteiger partial charge in [0.25, 0.3) is 0 Å². The first-order valence-corrected chi connectivity index (χ1v) is 10.4. The van der Waals surface area contributed by atoms with Gasteiger partial charge in [-0.05, 0) is 47.2 Å². The minimum absolute atomic E-state index is 0.129. The van der Waals surface area contributed by atoms with Crippen LogP contribution >= 0.6 is 0 Å². The molecule has 9 nitrogen and oxygen atoms in total. The number of hydrogen-bond acceptors (Lipinski definition) is 7. The summed E-state index contributed by atoms with van der Waals surface area (Å²) in [4.78, 5) is 22.6. The van der Waals surface area contributed by atoms with Gasteiger partial charge < -0.3 is 24.4 Å². The highest BCUT2D eigenvalue weighted by molar-refractivity contribution is 5.73. The number of carbonyl (C=O) groups is 2. The van der Waals surface area contributed by atoms with Crippen molar-refractivity contribution in [2.45, 2.75) is 63.7 Å². The van der Waals surface area contributed by atoms with Gasteiger partial charge in [0.2, 0.25) is 0 Å². The van der Waals surface area contributed by atoms with Gasteiger partial charge >= 0.3 is 24.3 Å². The van der Waals surface area contributed by atoms with E-state index in [0.717, 1.165) is 50.5 Å². The summed E-state index contributed by atoms with van der Waals surface area (Å²) in [7, 11) is 4.30. The zero-order valence-corrected chi connectivity index (χ0v) is 19.7. The number of carboxylic acid groups (broad SMARTS) is 2. The van der Waals surface area contributed by atoms with Gasteiger partial charge in [-0.1, -0.05) is 5.16 Å². The molecular formula is C20H29F6N3O6. The topological polar surface area (TPSA) is 116 Å². The van der Waals surface area contributed by atoms with E-state index in [4.69, 9.17) is 29.1 Å². The Morgan fingerprint density at radius 1 is 1.06 bits per heavy atom. The number of alkyl halides is 6. The first-order chi connectivity index (χ1) is 15.9. The van der Waals surface area contributed by atoms with Gasteiger partial charge in [-0.3, -0.25) is 4.90 Å². The number of likely N-dealkylation sites (N-methyl/N-ethyl adjacent to an activating group) is 1. The Balaban J connectivity index is 0.000000362. The fourth-order valence-corrected chi connectivity index (χ4v) is 3.57. The SMILES string of the molecule is Cc1noc(C)c1CN1CCC2(CC1)CC(N(C)C)CO2.O=C(O)C(F)(F)F.O=C(O)C(F)(F)F. The lowest BCUT2D eigenvalue weighted by molar-refractivity contribution is -0.193. The van der Waals surface area contributed by atoms with Crippen molar-refractivity contribution in [1.29, 1.82) is 0 Å². The van der Waals surface area contributed by atoms with E-state index in [1.807, 2.05) is 13.8 Å². The normalized spacial score (nSPS) is 20.1. The number of halogens is 6. The van der Waals surface area contributed by atoms with E-state index in [0.29, 0.717) is 6.04 Å². The van der Waals surface area contributed by atoms with E-state index >= 15 is 0 Å². The van der Waals surface area contributed by atoms with Crippen LogP contribution in [0.3, 0.4) is 0 Å². The summed E-state index contributed by atoms with van der Waals surface area (Å²) in [6.45, 7) is 8.07. The van der Waals surface area contributed by atoms with Crippen LogP contribution < -0.4 is 0 Å². The molecule has 202 valence electrons. The van der Waals surface area contributed by atoms with Crippen molar-refractivity contribution >= 4 is 11.9 Å². The maximum absolute atomic E-state index is 10.6. The molecule has 0 radical (unpaired) electrons. The number of hydrogen-bond donors (Lipinski definition) is 2. The molecule has 3 heterocycles. The molecule has 2 saturated heterocycles. The average Bonchev–Trinajstić information content (AvgIpc) is 3.28. The molecule has 1 aromatic rings. The van der Waals surface area contributed by atoms with Crippen LogP contribution in [0.25, 0.3) is 0 Å². The van der Waals surface area contributed by atoms with Gasteiger partial charge in [0.05, 0.1) is 17.9 Å². The summed E-state index contributed by atoms with van der Waals surface area (Å²) < 4.78 is 74.9. The lowest BCUT2D eigenvalue weighted by atomic mass is 9.87. The number of aromatic nitrogens is 1. The van der Waals surface area contributed by atoms with E-state index in [9.17, 15) is 26.3 Å². The minimum Gasteiger partial charge on any atom is -0.475 e. The van der Waals surface area contributed by atoms with Crippen LogP contribution in [0.1, 0.15) is 36.3 Å². The van der Waals surface area contributed by atoms with Crippen molar-refractivity contribution in [3.05, 3.63) is 17.0 Å². The third kappa shape index (κ3) is 9.64. The monoisotopic (exact) mass is 521 g/mol. The van der Waals surface area contributed by atoms with Crippen LogP contribution in [0.15, 0.2) is 4.52 Å². The Bertz CT molecular complexity index is 804.